The van der Waals surface area contributed by atoms with Gasteiger partial charge in [0.25, 0.3) is 5.56 Å². The molecule has 0 radical (unpaired) electrons. The summed E-state index contributed by atoms with van der Waals surface area (Å²) in [5.74, 6) is -0.452. The number of hydrogen-bond donors (Lipinski definition) is 1. The van der Waals surface area contributed by atoms with Gasteiger partial charge in [0.15, 0.2) is 0 Å². The molecule has 0 unspecified atom stereocenters. The minimum atomic E-state index is -4.50. The lowest BCUT2D eigenvalue weighted by Crippen LogP contribution is -2.46. The van der Waals surface area contributed by atoms with Crippen molar-refractivity contribution in [3.05, 3.63) is 20.8 Å². The Balaban J connectivity index is 3.31. The molecule has 1 aromatic rings. The molecule has 0 aliphatic rings. The van der Waals surface area contributed by atoms with Crippen molar-refractivity contribution >= 4 is 5.82 Å². The fourth-order valence-corrected chi connectivity index (χ4v) is 1.51. The van der Waals surface area contributed by atoms with Crippen molar-refractivity contribution in [1.29, 1.82) is 0 Å². The van der Waals surface area contributed by atoms with E-state index in [4.69, 9.17) is 5.73 Å². The van der Waals surface area contributed by atoms with E-state index in [-0.39, 0.29) is 13.1 Å². The largest absolute Gasteiger partial charge is 0.405 e. The van der Waals surface area contributed by atoms with E-state index in [1.54, 1.807) is 0 Å². The van der Waals surface area contributed by atoms with Crippen molar-refractivity contribution in [3.63, 3.8) is 0 Å². The third-order valence-electron chi connectivity index (χ3n) is 2.37. The van der Waals surface area contributed by atoms with Crippen LogP contribution in [0.3, 0.4) is 0 Å². The van der Waals surface area contributed by atoms with Crippen LogP contribution in [0, 0.1) is 0 Å². The number of nitrogens with zero attached hydrogens (tertiary/aromatic N) is 4. The van der Waals surface area contributed by atoms with Gasteiger partial charge in [-0.2, -0.15) is 13.2 Å². The van der Waals surface area contributed by atoms with Crippen LogP contribution in [-0.2, 0) is 14.1 Å². The van der Waals surface area contributed by atoms with Gasteiger partial charge in [-0.25, -0.2) is 9.48 Å². The molecule has 108 valence electrons. The zero-order valence-corrected chi connectivity index (χ0v) is 10.4. The maximum absolute atomic E-state index is 12.4. The molecule has 19 heavy (non-hydrogen) atoms. The molecule has 0 aliphatic carbocycles. The molecule has 0 saturated carbocycles. The molecule has 0 bridgehead atoms. The summed E-state index contributed by atoms with van der Waals surface area (Å²) in [6, 6.07) is 0. The first kappa shape index (κ1) is 15.2. The lowest BCUT2D eigenvalue weighted by atomic mass is 10.4. The van der Waals surface area contributed by atoms with Gasteiger partial charge >= 0.3 is 11.9 Å². The fraction of sp³-hybridized carbons (Fsp3) is 0.667. The molecule has 0 aliphatic heterocycles. The van der Waals surface area contributed by atoms with Gasteiger partial charge in [-0.15, -0.1) is 5.10 Å². The van der Waals surface area contributed by atoms with Gasteiger partial charge < -0.3 is 10.6 Å². The second kappa shape index (κ2) is 5.43. The molecule has 0 fully saturated rings. The highest BCUT2D eigenvalue weighted by molar-refractivity contribution is 5.35. The molecule has 0 saturated heterocycles. The van der Waals surface area contributed by atoms with Crippen molar-refractivity contribution in [2.75, 3.05) is 24.5 Å². The Morgan fingerprint density at radius 2 is 1.89 bits per heavy atom. The van der Waals surface area contributed by atoms with Gasteiger partial charge in [-0.3, -0.25) is 9.36 Å². The fourth-order valence-electron chi connectivity index (χ4n) is 1.51. The molecule has 0 atom stereocenters. The summed E-state index contributed by atoms with van der Waals surface area (Å²) in [5.41, 5.74) is 3.62. The molecular formula is C9H14F3N5O2. The molecule has 10 heteroatoms. The van der Waals surface area contributed by atoms with Crippen LogP contribution in [0.25, 0.3) is 0 Å². The van der Waals surface area contributed by atoms with E-state index < -0.39 is 29.8 Å². The van der Waals surface area contributed by atoms with Gasteiger partial charge in [0.1, 0.15) is 6.54 Å². The highest BCUT2D eigenvalue weighted by Crippen LogP contribution is 2.18. The summed E-state index contributed by atoms with van der Waals surface area (Å²) in [7, 11) is 2.42. The van der Waals surface area contributed by atoms with Crippen LogP contribution in [-0.4, -0.2) is 40.2 Å². The van der Waals surface area contributed by atoms with Crippen LogP contribution in [0.15, 0.2) is 9.59 Å². The van der Waals surface area contributed by atoms with E-state index in [9.17, 15) is 22.8 Å². The molecule has 0 amide bonds. The second-order valence-corrected chi connectivity index (χ2v) is 3.92. The Bertz CT molecular complexity index is 562. The second-order valence-electron chi connectivity index (χ2n) is 3.92. The van der Waals surface area contributed by atoms with Crippen LogP contribution in [0.2, 0.25) is 0 Å². The third kappa shape index (κ3) is 3.56. The van der Waals surface area contributed by atoms with Crippen LogP contribution < -0.4 is 21.9 Å². The monoisotopic (exact) mass is 281 g/mol. The highest BCUT2D eigenvalue weighted by Gasteiger charge is 2.32. The van der Waals surface area contributed by atoms with E-state index in [1.807, 2.05) is 0 Å². The van der Waals surface area contributed by atoms with E-state index in [1.165, 1.54) is 14.1 Å². The summed E-state index contributed by atoms with van der Waals surface area (Å²) in [6.07, 6.45) is -4.50. The van der Waals surface area contributed by atoms with E-state index >= 15 is 0 Å². The summed E-state index contributed by atoms with van der Waals surface area (Å²) < 4.78 is 38.8. The van der Waals surface area contributed by atoms with Gasteiger partial charge in [0.2, 0.25) is 5.82 Å². The SMILES string of the molecule is Cn1nc(N(CCN)CC(F)(F)F)c(=O)n(C)c1=O. The minimum absolute atomic E-state index is 0.0796. The maximum Gasteiger partial charge on any atom is 0.405 e. The Morgan fingerprint density at radius 3 is 2.37 bits per heavy atom. The molecule has 0 aromatic carbocycles. The lowest BCUT2D eigenvalue weighted by molar-refractivity contribution is -0.119. The van der Waals surface area contributed by atoms with Crippen molar-refractivity contribution in [2.24, 2.45) is 19.8 Å². The first-order chi connectivity index (χ1) is 8.67. The van der Waals surface area contributed by atoms with Crippen molar-refractivity contribution in [3.8, 4) is 0 Å². The predicted molar refractivity (Wildman–Crippen MR) is 62.0 cm³/mol. The summed E-state index contributed by atoms with van der Waals surface area (Å²) in [5, 5.41) is 3.58. The van der Waals surface area contributed by atoms with E-state index in [0.717, 1.165) is 4.68 Å². The Hall–Kier alpha value is -1.84. The molecule has 1 heterocycles. The van der Waals surface area contributed by atoms with Crippen molar-refractivity contribution in [2.45, 2.75) is 6.18 Å². The van der Waals surface area contributed by atoms with E-state index in [0.29, 0.717) is 9.47 Å². The maximum atomic E-state index is 12.4. The van der Waals surface area contributed by atoms with Gasteiger partial charge in [0, 0.05) is 27.2 Å². The lowest BCUT2D eigenvalue weighted by Gasteiger charge is -2.23. The first-order valence-corrected chi connectivity index (χ1v) is 5.33. The number of aromatic nitrogens is 3. The topological polar surface area (TPSA) is 86.2 Å². The minimum Gasteiger partial charge on any atom is -0.340 e. The number of nitrogens with two attached hydrogens (primary N) is 1. The number of halogens is 3. The van der Waals surface area contributed by atoms with Gasteiger partial charge in [-0.05, 0) is 0 Å². The number of alkyl halides is 3. The average molecular weight is 281 g/mol. The van der Waals surface area contributed by atoms with Crippen molar-refractivity contribution < 1.29 is 13.2 Å². The zero-order valence-electron chi connectivity index (χ0n) is 10.4. The van der Waals surface area contributed by atoms with Crippen LogP contribution >= 0.6 is 0 Å². The smallest absolute Gasteiger partial charge is 0.340 e. The number of rotatable bonds is 4. The van der Waals surface area contributed by atoms with Crippen molar-refractivity contribution in [1.82, 2.24) is 14.3 Å². The Morgan fingerprint density at radius 1 is 1.32 bits per heavy atom. The summed E-state index contributed by atoms with van der Waals surface area (Å²) in [4.78, 5) is 23.9. The van der Waals surface area contributed by atoms with E-state index in [2.05, 4.69) is 5.10 Å². The number of aryl methyl sites for hydroxylation is 1. The molecule has 1 aromatic heterocycles. The molecule has 2 N–H and O–H groups in total. The number of anilines is 1. The van der Waals surface area contributed by atoms with Gasteiger partial charge in [-0.1, -0.05) is 0 Å². The predicted octanol–water partition coefficient (Wildman–Crippen LogP) is -1.19. The molecule has 0 spiro atoms. The summed E-state index contributed by atoms with van der Waals surface area (Å²) >= 11 is 0. The quantitative estimate of drug-likeness (QED) is 0.749. The average Bonchev–Trinajstić information content (AvgIpc) is 2.29. The Kier molecular flexibility index (Phi) is 4.35. The van der Waals surface area contributed by atoms with Crippen LogP contribution in [0.5, 0.6) is 0 Å². The number of hydrogen-bond acceptors (Lipinski definition) is 5. The molecule has 7 nitrogen and oxygen atoms in total. The summed E-state index contributed by atoms with van der Waals surface area (Å²) in [6.45, 7) is -1.63. The zero-order chi connectivity index (χ0) is 14.8. The van der Waals surface area contributed by atoms with Crippen LogP contribution in [0.1, 0.15) is 0 Å². The normalized spacial score (nSPS) is 11.7. The molecule has 1 rings (SSSR count). The third-order valence-corrected chi connectivity index (χ3v) is 2.37. The highest BCUT2D eigenvalue weighted by atomic mass is 19.4. The molecular weight excluding hydrogens is 267 g/mol. The van der Waals surface area contributed by atoms with Gasteiger partial charge in [0.05, 0.1) is 0 Å². The van der Waals surface area contributed by atoms with Crippen LogP contribution in [0.4, 0.5) is 19.0 Å². The standard InChI is InChI=1S/C9H14F3N5O2/c1-15-7(18)6(14-16(2)8(15)19)17(4-3-13)5-9(10,11)12/h3-5,13H2,1-2H3. The first-order valence-electron chi connectivity index (χ1n) is 5.33. The Labute approximate surface area is 106 Å².